The van der Waals surface area contributed by atoms with Gasteiger partial charge in [0.25, 0.3) is 5.09 Å². The van der Waals surface area contributed by atoms with Crippen LogP contribution in [0.1, 0.15) is 13.3 Å². The van der Waals surface area contributed by atoms with E-state index >= 15 is 0 Å². The lowest BCUT2D eigenvalue weighted by molar-refractivity contribution is -0.837. The van der Waals surface area contributed by atoms with Gasteiger partial charge in [-0.05, 0) is 0 Å². The van der Waals surface area contributed by atoms with E-state index in [0.29, 0.717) is 0 Å². The van der Waals surface area contributed by atoms with Crippen molar-refractivity contribution in [3.8, 4) is 0 Å². The molecule has 0 aliphatic heterocycles. The van der Waals surface area contributed by atoms with Crippen LogP contribution in [0.5, 0.6) is 0 Å². The topological polar surface area (TPSA) is 139 Å². The molecular formula is C4H7N3O7. The van der Waals surface area contributed by atoms with Crippen LogP contribution >= 0.6 is 0 Å². The van der Waals surface area contributed by atoms with Crippen molar-refractivity contribution >= 4 is 0 Å². The van der Waals surface area contributed by atoms with Gasteiger partial charge in [-0.3, -0.25) is 25.1 Å². The summed E-state index contributed by atoms with van der Waals surface area (Å²) in [5, 5.41) is 29.2. The van der Waals surface area contributed by atoms with E-state index in [9.17, 15) is 30.3 Å². The summed E-state index contributed by atoms with van der Waals surface area (Å²) in [6, 6.07) is 0. The van der Waals surface area contributed by atoms with Crippen molar-refractivity contribution < 1.29 is 19.8 Å². The average Bonchev–Trinajstić information content (AvgIpc) is 2.04. The van der Waals surface area contributed by atoms with Gasteiger partial charge in [0.2, 0.25) is 6.61 Å². The Kier molecular flexibility index (Phi) is 3.68. The Balaban J connectivity index is 4.77. The molecule has 0 saturated carbocycles. The predicted octanol–water partition coefficient (Wildman–Crippen LogP) is -0.146. The highest BCUT2D eigenvalue weighted by molar-refractivity contribution is 4.62. The Bertz CT molecular complexity index is 250. The molecule has 0 aliphatic carbocycles. The van der Waals surface area contributed by atoms with E-state index in [1.54, 1.807) is 0 Å². The zero-order valence-corrected chi connectivity index (χ0v) is 7.11. The van der Waals surface area contributed by atoms with Gasteiger partial charge in [0.15, 0.2) is 0 Å². The number of rotatable bonds is 6. The zero-order valence-electron chi connectivity index (χ0n) is 7.11. The molecular weight excluding hydrogens is 202 g/mol. The molecule has 0 rings (SSSR count). The predicted molar refractivity (Wildman–Crippen MR) is 40.0 cm³/mol. The molecule has 10 heteroatoms. The van der Waals surface area contributed by atoms with E-state index in [-0.39, 0.29) is 0 Å². The van der Waals surface area contributed by atoms with E-state index in [2.05, 4.69) is 4.84 Å². The van der Waals surface area contributed by atoms with E-state index in [0.717, 1.165) is 0 Å². The van der Waals surface area contributed by atoms with Crippen molar-refractivity contribution in [3.05, 3.63) is 30.3 Å². The van der Waals surface area contributed by atoms with Crippen LogP contribution in [-0.4, -0.2) is 27.2 Å². The van der Waals surface area contributed by atoms with Crippen LogP contribution in [0.3, 0.4) is 0 Å². The Hall–Kier alpha value is -2.00. The third-order valence-corrected chi connectivity index (χ3v) is 1.65. The minimum atomic E-state index is -2.65. The van der Waals surface area contributed by atoms with Crippen molar-refractivity contribution in [1.82, 2.24) is 0 Å². The number of nitrogens with zero attached hydrogens (tertiary/aromatic N) is 3. The molecule has 0 heterocycles. The maximum atomic E-state index is 10.4. The van der Waals surface area contributed by atoms with Gasteiger partial charge >= 0.3 is 5.66 Å². The lowest BCUT2D eigenvalue weighted by Gasteiger charge is -2.13. The van der Waals surface area contributed by atoms with Gasteiger partial charge in [0, 0.05) is 0 Å². The van der Waals surface area contributed by atoms with Crippen molar-refractivity contribution in [3.63, 3.8) is 0 Å². The second-order valence-electron chi connectivity index (χ2n) is 2.35. The second kappa shape index (κ2) is 4.30. The zero-order chi connectivity index (χ0) is 11.4. The molecule has 0 bridgehead atoms. The molecule has 0 aromatic heterocycles. The summed E-state index contributed by atoms with van der Waals surface area (Å²) < 4.78 is 0. The maximum Gasteiger partial charge on any atom is 0.481 e. The summed E-state index contributed by atoms with van der Waals surface area (Å²) in [4.78, 5) is 31.7. The van der Waals surface area contributed by atoms with E-state index in [4.69, 9.17) is 0 Å². The SMILES string of the molecule is CCC(CO[N+](=O)[O-])([N+](=O)[O-])[N+](=O)[O-]. The standard InChI is InChI=1S/C4H7N3O7/c1-2-4(5(8)9,6(10)11)3-14-7(12)13/h2-3H2,1H3. The van der Waals surface area contributed by atoms with Crippen LogP contribution in [0.25, 0.3) is 0 Å². The first-order valence-corrected chi connectivity index (χ1v) is 3.43. The number of hydrogen-bond donors (Lipinski definition) is 0. The molecule has 0 saturated heterocycles. The third kappa shape index (κ3) is 2.24. The molecule has 0 fully saturated rings. The monoisotopic (exact) mass is 209 g/mol. The van der Waals surface area contributed by atoms with Crippen molar-refractivity contribution in [1.29, 1.82) is 0 Å². The molecule has 0 radical (unpaired) electrons. The lowest BCUT2D eigenvalue weighted by Crippen LogP contribution is -2.50. The first kappa shape index (κ1) is 12.0. The van der Waals surface area contributed by atoms with Crippen LogP contribution in [0, 0.1) is 30.3 Å². The van der Waals surface area contributed by atoms with E-state index in [1.807, 2.05) is 0 Å². The minimum Gasteiger partial charge on any atom is -0.298 e. The third-order valence-electron chi connectivity index (χ3n) is 1.65. The van der Waals surface area contributed by atoms with E-state index in [1.165, 1.54) is 6.92 Å². The summed E-state index contributed by atoms with van der Waals surface area (Å²) in [6.45, 7) is -0.0224. The fourth-order valence-corrected chi connectivity index (χ4v) is 0.688. The Morgan fingerprint density at radius 2 is 1.57 bits per heavy atom. The van der Waals surface area contributed by atoms with Crippen LogP contribution in [0.2, 0.25) is 0 Å². The molecule has 0 N–H and O–H groups in total. The molecule has 0 amide bonds. The highest BCUT2D eigenvalue weighted by atomic mass is 17.0. The number of hydrogen-bond acceptors (Lipinski definition) is 7. The lowest BCUT2D eigenvalue weighted by atomic mass is 10.1. The Morgan fingerprint density at radius 1 is 1.14 bits per heavy atom. The van der Waals surface area contributed by atoms with Crippen LogP contribution < -0.4 is 0 Å². The molecule has 14 heavy (non-hydrogen) atoms. The van der Waals surface area contributed by atoms with Crippen molar-refractivity contribution in [2.75, 3.05) is 6.61 Å². The molecule has 0 spiro atoms. The van der Waals surface area contributed by atoms with Crippen LogP contribution in [0.4, 0.5) is 0 Å². The van der Waals surface area contributed by atoms with Crippen molar-refractivity contribution in [2.24, 2.45) is 0 Å². The fraction of sp³-hybridized carbons (Fsp3) is 1.00. The van der Waals surface area contributed by atoms with E-state index < -0.39 is 33.6 Å². The quantitative estimate of drug-likeness (QED) is 0.336. The molecule has 10 nitrogen and oxygen atoms in total. The summed E-state index contributed by atoms with van der Waals surface area (Å²) in [5.41, 5.74) is -2.65. The van der Waals surface area contributed by atoms with Gasteiger partial charge in [0.1, 0.15) is 9.85 Å². The molecule has 0 unspecified atom stereocenters. The maximum absolute atomic E-state index is 10.4. The Labute approximate surface area is 76.9 Å². The second-order valence-corrected chi connectivity index (χ2v) is 2.35. The van der Waals surface area contributed by atoms with Gasteiger partial charge in [-0.25, -0.2) is 0 Å². The molecule has 0 atom stereocenters. The first-order valence-electron chi connectivity index (χ1n) is 3.43. The minimum absolute atomic E-state index is 0.499. The van der Waals surface area contributed by atoms with Crippen molar-refractivity contribution in [2.45, 2.75) is 19.0 Å². The summed E-state index contributed by atoms with van der Waals surface area (Å²) in [5.74, 6) is 0. The van der Waals surface area contributed by atoms with Gasteiger partial charge in [-0.2, -0.15) is 0 Å². The summed E-state index contributed by atoms with van der Waals surface area (Å²) in [7, 11) is 0. The first-order chi connectivity index (χ1) is 6.36. The highest BCUT2D eigenvalue weighted by Crippen LogP contribution is 2.16. The van der Waals surface area contributed by atoms with Gasteiger partial charge in [-0.1, -0.05) is 6.92 Å². The molecule has 80 valence electrons. The smallest absolute Gasteiger partial charge is 0.298 e. The molecule has 0 aliphatic rings. The van der Waals surface area contributed by atoms with Gasteiger partial charge in [-0.15, -0.1) is 10.1 Å². The number of nitro groups is 2. The average molecular weight is 209 g/mol. The van der Waals surface area contributed by atoms with Crippen LogP contribution in [-0.2, 0) is 4.84 Å². The summed E-state index contributed by atoms with van der Waals surface area (Å²) >= 11 is 0. The normalized spacial score (nSPS) is 10.6. The van der Waals surface area contributed by atoms with Crippen LogP contribution in [0.15, 0.2) is 0 Å². The Morgan fingerprint density at radius 3 is 1.79 bits per heavy atom. The largest absolute Gasteiger partial charge is 0.481 e. The van der Waals surface area contributed by atoms with Gasteiger partial charge in [0.05, 0.1) is 6.42 Å². The summed E-state index contributed by atoms with van der Waals surface area (Å²) in [6.07, 6.45) is -0.499. The molecule has 0 aromatic carbocycles. The fourth-order valence-electron chi connectivity index (χ4n) is 0.688. The molecule has 0 aromatic rings. The highest BCUT2D eigenvalue weighted by Gasteiger charge is 2.55. The van der Waals surface area contributed by atoms with Gasteiger partial charge < -0.3 is 0 Å².